The number of hydrogen-bond donors (Lipinski definition) is 1. The fraction of sp³-hybridized carbons (Fsp3) is 0.591. The van der Waals surface area contributed by atoms with Crippen LogP contribution >= 0.6 is 0 Å². The average molecular weight is 380 g/mol. The number of benzene rings is 1. The zero-order valence-corrected chi connectivity index (χ0v) is 16.3. The van der Waals surface area contributed by atoms with E-state index in [1.54, 1.807) is 0 Å². The highest BCUT2D eigenvalue weighted by atomic mass is 16.5. The van der Waals surface area contributed by atoms with Gasteiger partial charge in [-0.05, 0) is 12.0 Å². The summed E-state index contributed by atoms with van der Waals surface area (Å²) in [6, 6.07) is 10.4. The first-order valence-electron chi connectivity index (χ1n) is 10.1. The van der Waals surface area contributed by atoms with Crippen molar-refractivity contribution in [1.82, 2.24) is 10.2 Å². The summed E-state index contributed by atoms with van der Waals surface area (Å²) in [5, 5.41) is 11.4. The minimum atomic E-state index is -0.344. The van der Waals surface area contributed by atoms with Gasteiger partial charge in [0.15, 0.2) is 5.66 Å². The van der Waals surface area contributed by atoms with Crippen LogP contribution in [0.5, 0.6) is 0 Å². The van der Waals surface area contributed by atoms with E-state index in [2.05, 4.69) is 50.6 Å². The Bertz CT molecular complexity index is 758. The van der Waals surface area contributed by atoms with Crippen LogP contribution in [0, 0.1) is 23.7 Å². The molecule has 2 fully saturated rings. The Morgan fingerprint density at radius 2 is 2.14 bits per heavy atom. The van der Waals surface area contributed by atoms with Crippen molar-refractivity contribution < 1.29 is 9.53 Å². The highest BCUT2D eigenvalue weighted by Crippen LogP contribution is 2.43. The largest absolute Gasteiger partial charge is 0.381 e. The van der Waals surface area contributed by atoms with Gasteiger partial charge < -0.3 is 10.1 Å². The lowest BCUT2D eigenvalue weighted by Gasteiger charge is -2.27. The Morgan fingerprint density at radius 3 is 2.82 bits per heavy atom. The number of nitrogens with zero attached hydrogens (tertiary/aromatic N) is 3. The summed E-state index contributed by atoms with van der Waals surface area (Å²) in [7, 11) is 0. The maximum atomic E-state index is 13.0. The van der Waals surface area contributed by atoms with E-state index < -0.39 is 0 Å². The molecule has 2 saturated heterocycles. The van der Waals surface area contributed by atoms with Gasteiger partial charge in [-0.3, -0.25) is 9.69 Å². The molecule has 1 aromatic carbocycles. The molecule has 4 rings (SSSR count). The van der Waals surface area contributed by atoms with E-state index in [1.807, 2.05) is 6.07 Å². The van der Waals surface area contributed by atoms with Crippen LogP contribution < -0.4 is 5.32 Å². The van der Waals surface area contributed by atoms with Crippen molar-refractivity contribution in [2.75, 3.05) is 32.8 Å². The third-order valence-electron chi connectivity index (χ3n) is 6.29. The molecule has 0 radical (unpaired) electrons. The predicted molar refractivity (Wildman–Crippen MR) is 106 cm³/mol. The molecule has 3 heterocycles. The maximum Gasteiger partial charge on any atom is 0.225 e. The molecule has 1 N–H and O–H groups in total. The lowest BCUT2D eigenvalue weighted by Crippen LogP contribution is -2.42. The highest BCUT2D eigenvalue weighted by molar-refractivity contribution is 5.80. The van der Waals surface area contributed by atoms with Gasteiger partial charge in [0.05, 0.1) is 12.5 Å². The highest BCUT2D eigenvalue weighted by Gasteiger charge is 2.52. The quantitative estimate of drug-likeness (QED) is 0.705. The molecule has 1 amide bonds. The van der Waals surface area contributed by atoms with E-state index in [1.165, 1.54) is 5.56 Å². The number of terminal acetylenes is 1. The number of ether oxygens (including phenoxy) is 1. The molecule has 3 aliphatic heterocycles. The molecule has 2 atom stereocenters. The Hall–Kier alpha value is -2.23. The van der Waals surface area contributed by atoms with E-state index in [0.29, 0.717) is 19.6 Å². The third-order valence-corrected chi connectivity index (χ3v) is 6.29. The molecule has 0 saturated carbocycles. The average Bonchev–Trinajstić information content (AvgIpc) is 3.16. The second-order valence-electron chi connectivity index (χ2n) is 8.30. The first kappa shape index (κ1) is 19.1. The van der Waals surface area contributed by atoms with Crippen LogP contribution in [0.25, 0.3) is 0 Å². The molecule has 1 spiro atoms. The number of amides is 1. The lowest BCUT2D eigenvalue weighted by molar-refractivity contribution is -0.127. The number of likely N-dealkylation sites (tertiary alicyclic amines) is 1. The minimum absolute atomic E-state index is 0.0338. The van der Waals surface area contributed by atoms with E-state index in [9.17, 15) is 4.79 Å². The van der Waals surface area contributed by atoms with E-state index >= 15 is 0 Å². The van der Waals surface area contributed by atoms with Crippen molar-refractivity contribution in [1.29, 1.82) is 0 Å². The van der Waals surface area contributed by atoms with Gasteiger partial charge in [-0.1, -0.05) is 30.3 Å². The topological polar surface area (TPSA) is 66.3 Å². The minimum Gasteiger partial charge on any atom is -0.381 e. The third kappa shape index (κ3) is 4.11. The molecule has 0 aromatic heterocycles. The zero-order chi connectivity index (χ0) is 19.5. The molecule has 148 valence electrons. The first-order valence-corrected chi connectivity index (χ1v) is 10.1. The number of rotatable bonds is 8. The van der Waals surface area contributed by atoms with Crippen molar-refractivity contribution in [3.05, 3.63) is 35.9 Å². The van der Waals surface area contributed by atoms with Gasteiger partial charge in [0.1, 0.15) is 0 Å². The van der Waals surface area contributed by atoms with Crippen molar-refractivity contribution in [2.24, 2.45) is 21.6 Å². The normalized spacial score (nSPS) is 27.8. The smallest absolute Gasteiger partial charge is 0.225 e. The summed E-state index contributed by atoms with van der Waals surface area (Å²) in [6.45, 7) is 4.57. The Kier molecular flexibility index (Phi) is 5.47. The zero-order valence-electron chi connectivity index (χ0n) is 16.3. The molecule has 6 heteroatoms. The number of hydrogen-bond acceptors (Lipinski definition) is 5. The molecule has 2 unspecified atom stereocenters. The summed E-state index contributed by atoms with van der Waals surface area (Å²) < 4.78 is 5.72. The van der Waals surface area contributed by atoms with Crippen LogP contribution in [0.1, 0.15) is 31.2 Å². The van der Waals surface area contributed by atoms with Gasteiger partial charge in [0.2, 0.25) is 5.91 Å². The molecule has 0 bridgehead atoms. The Labute approximate surface area is 166 Å². The summed E-state index contributed by atoms with van der Waals surface area (Å²) in [4.78, 5) is 15.4. The van der Waals surface area contributed by atoms with Crippen LogP contribution in [-0.4, -0.2) is 49.3 Å². The monoisotopic (exact) mass is 380 g/mol. The van der Waals surface area contributed by atoms with Crippen LogP contribution in [0.15, 0.2) is 40.6 Å². The van der Waals surface area contributed by atoms with Crippen LogP contribution in [0.3, 0.4) is 0 Å². The summed E-state index contributed by atoms with van der Waals surface area (Å²) in [5.74, 6) is 2.74. The summed E-state index contributed by atoms with van der Waals surface area (Å²) in [6.07, 6.45) is 8.45. The lowest BCUT2D eigenvalue weighted by atomic mass is 9.77. The molecule has 3 aliphatic rings. The van der Waals surface area contributed by atoms with Gasteiger partial charge in [0, 0.05) is 57.5 Å². The summed E-state index contributed by atoms with van der Waals surface area (Å²) in [5.41, 5.74) is 0.877. The number of nitrogens with one attached hydrogen (secondary N) is 1. The molecule has 0 aliphatic carbocycles. The second kappa shape index (κ2) is 8.02. The van der Waals surface area contributed by atoms with Crippen molar-refractivity contribution >= 4 is 5.91 Å². The number of carbonyl (C=O) groups is 1. The molecular weight excluding hydrogens is 352 g/mol. The van der Waals surface area contributed by atoms with Crippen molar-refractivity contribution in [3.63, 3.8) is 0 Å². The molecular formula is C22H28N4O2. The fourth-order valence-corrected chi connectivity index (χ4v) is 4.59. The van der Waals surface area contributed by atoms with E-state index in [0.717, 1.165) is 45.5 Å². The SMILES string of the molecule is C#CCCC1(CCNC(=O)C2CN(Cc3ccccc3)CC23CCOC3)N=N1. The maximum absolute atomic E-state index is 13.0. The van der Waals surface area contributed by atoms with Gasteiger partial charge in [0.25, 0.3) is 0 Å². The fourth-order valence-electron chi connectivity index (χ4n) is 4.59. The first-order chi connectivity index (χ1) is 13.6. The van der Waals surface area contributed by atoms with Crippen LogP contribution in [0.2, 0.25) is 0 Å². The Morgan fingerprint density at radius 1 is 1.32 bits per heavy atom. The Balaban J connectivity index is 1.34. The second-order valence-corrected chi connectivity index (χ2v) is 8.30. The van der Waals surface area contributed by atoms with Crippen molar-refractivity contribution in [3.8, 4) is 12.3 Å². The van der Waals surface area contributed by atoms with E-state index in [4.69, 9.17) is 11.2 Å². The molecule has 1 aromatic rings. The summed E-state index contributed by atoms with van der Waals surface area (Å²) >= 11 is 0. The predicted octanol–water partition coefficient (Wildman–Crippen LogP) is 2.61. The molecule has 28 heavy (non-hydrogen) atoms. The number of carbonyl (C=O) groups excluding carboxylic acids is 1. The van der Waals surface area contributed by atoms with E-state index in [-0.39, 0.29) is 22.9 Å². The molecule has 6 nitrogen and oxygen atoms in total. The van der Waals surface area contributed by atoms with Gasteiger partial charge in [-0.25, -0.2) is 0 Å². The van der Waals surface area contributed by atoms with Gasteiger partial charge in [-0.15, -0.1) is 12.3 Å². The van der Waals surface area contributed by atoms with Crippen molar-refractivity contribution in [2.45, 2.75) is 37.9 Å². The standard InChI is InChI=1S/C22H28N4O2/c1-2-3-9-22(24-25-22)10-12-23-20(27)19-15-26(14-18-7-5-4-6-8-18)16-21(19)11-13-28-17-21/h1,4-8,19H,3,9-17H2,(H,23,27). The van der Waals surface area contributed by atoms with Crippen LogP contribution in [0.4, 0.5) is 0 Å². The van der Waals surface area contributed by atoms with Crippen LogP contribution in [-0.2, 0) is 16.1 Å². The van der Waals surface area contributed by atoms with Gasteiger partial charge >= 0.3 is 0 Å². The van der Waals surface area contributed by atoms with Gasteiger partial charge in [-0.2, -0.15) is 10.2 Å².